The molecule has 0 radical (unpaired) electrons. The molecule has 152 valence electrons. The van der Waals surface area contributed by atoms with E-state index in [1.807, 2.05) is 60.7 Å². The van der Waals surface area contributed by atoms with Crippen LogP contribution in [0.2, 0.25) is 0 Å². The summed E-state index contributed by atoms with van der Waals surface area (Å²) in [6.07, 6.45) is 4.62. The Hall–Kier alpha value is -1.65. The molecule has 1 amide bonds. The molecule has 0 saturated carbocycles. The number of hydrogen-bond acceptors (Lipinski definition) is 1. The second-order valence-electron chi connectivity index (χ2n) is 8.30. The molecule has 0 aliphatic carbocycles. The molecule has 1 fully saturated rings. The SMILES string of the molecule is CC(C)[N+]1(CCC(C(N)=O)(c2ccccc2)c2ccccc2)CCCCC1.[Br-]. The van der Waals surface area contributed by atoms with E-state index >= 15 is 0 Å². The molecule has 3 nitrogen and oxygen atoms in total. The largest absolute Gasteiger partial charge is 1.00 e. The van der Waals surface area contributed by atoms with Crippen molar-refractivity contribution < 1.29 is 26.3 Å². The number of rotatable bonds is 7. The summed E-state index contributed by atoms with van der Waals surface area (Å²) in [5, 5.41) is 0. The first-order valence-electron chi connectivity index (χ1n) is 10.3. The topological polar surface area (TPSA) is 43.1 Å². The minimum Gasteiger partial charge on any atom is -1.00 e. The van der Waals surface area contributed by atoms with Gasteiger partial charge in [-0.2, -0.15) is 0 Å². The summed E-state index contributed by atoms with van der Waals surface area (Å²) in [6, 6.07) is 20.8. The summed E-state index contributed by atoms with van der Waals surface area (Å²) in [5.41, 5.74) is 7.35. The molecule has 1 saturated heterocycles. The van der Waals surface area contributed by atoms with Crippen LogP contribution in [0.4, 0.5) is 0 Å². The van der Waals surface area contributed by atoms with E-state index in [0.29, 0.717) is 6.04 Å². The van der Waals surface area contributed by atoms with Gasteiger partial charge in [0.2, 0.25) is 5.91 Å². The normalized spacial score (nSPS) is 16.4. The average Bonchev–Trinajstić information content (AvgIpc) is 2.70. The Balaban J connectivity index is 0.00000280. The Kier molecular flexibility index (Phi) is 7.85. The number of carbonyl (C=O) groups excluding carboxylic acids is 1. The maximum absolute atomic E-state index is 13.0. The number of carbonyl (C=O) groups is 1. The number of likely N-dealkylation sites (tertiary alicyclic amines) is 1. The molecule has 0 aromatic heterocycles. The highest BCUT2D eigenvalue weighted by Gasteiger charge is 2.44. The second-order valence-corrected chi connectivity index (χ2v) is 8.30. The van der Waals surface area contributed by atoms with Crippen LogP contribution < -0.4 is 22.7 Å². The van der Waals surface area contributed by atoms with Gasteiger partial charge < -0.3 is 27.2 Å². The Morgan fingerprint density at radius 3 is 1.79 bits per heavy atom. The van der Waals surface area contributed by atoms with E-state index < -0.39 is 5.41 Å². The van der Waals surface area contributed by atoms with Crippen molar-refractivity contribution in [1.82, 2.24) is 0 Å². The zero-order valence-corrected chi connectivity index (χ0v) is 18.7. The van der Waals surface area contributed by atoms with Gasteiger partial charge in [-0.3, -0.25) is 4.79 Å². The highest BCUT2D eigenvalue weighted by atomic mass is 79.9. The van der Waals surface area contributed by atoms with Crippen molar-refractivity contribution in [3.63, 3.8) is 0 Å². The summed E-state index contributed by atoms with van der Waals surface area (Å²) >= 11 is 0. The lowest BCUT2D eigenvalue weighted by molar-refractivity contribution is -0.952. The maximum Gasteiger partial charge on any atom is 0.232 e. The van der Waals surface area contributed by atoms with Crippen molar-refractivity contribution in [3.05, 3.63) is 71.8 Å². The first-order valence-corrected chi connectivity index (χ1v) is 10.3. The number of amides is 1. The monoisotopic (exact) mass is 444 g/mol. The van der Waals surface area contributed by atoms with Crippen LogP contribution in [-0.4, -0.2) is 36.1 Å². The van der Waals surface area contributed by atoms with E-state index in [4.69, 9.17) is 5.73 Å². The van der Waals surface area contributed by atoms with Gasteiger partial charge >= 0.3 is 0 Å². The lowest BCUT2D eigenvalue weighted by Crippen LogP contribution is -3.00. The zero-order valence-electron chi connectivity index (χ0n) is 17.1. The van der Waals surface area contributed by atoms with E-state index in [2.05, 4.69) is 13.8 Å². The van der Waals surface area contributed by atoms with Crippen LogP contribution in [0.3, 0.4) is 0 Å². The smallest absolute Gasteiger partial charge is 0.232 e. The molecule has 1 aliphatic rings. The Morgan fingerprint density at radius 1 is 0.929 bits per heavy atom. The van der Waals surface area contributed by atoms with Gasteiger partial charge in [-0.1, -0.05) is 60.7 Å². The van der Waals surface area contributed by atoms with E-state index in [-0.39, 0.29) is 22.9 Å². The quantitative estimate of drug-likeness (QED) is 0.641. The van der Waals surface area contributed by atoms with Gasteiger partial charge in [-0.25, -0.2) is 0 Å². The number of nitrogens with two attached hydrogens (primary N) is 1. The van der Waals surface area contributed by atoms with Crippen molar-refractivity contribution in [1.29, 1.82) is 0 Å². The van der Waals surface area contributed by atoms with Crippen LogP contribution >= 0.6 is 0 Å². The maximum atomic E-state index is 13.0. The number of halogens is 1. The minimum absolute atomic E-state index is 0. The first kappa shape index (κ1) is 22.6. The van der Waals surface area contributed by atoms with Gasteiger partial charge in [-0.15, -0.1) is 0 Å². The fourth-order valence-electron chi connectivity index (χ4n) is 4.84. The molecule has 1 heterocycles. The molecule has 1 aliphatic heterocycles. The van der Waals surface area contributed by atoms with Crippen LogP contribution in [0.25, 0.3) is 0 Å². The number of quaternary nitrogens is 1. The zero-order chi connectivity index (χ0) is 19.3. The molecule has 4 heteroatoms. The first-order chi connectivity index (χ1) is 13.0. The number of hydrogen-bond donors (Lipinski definition) is 1. The lowest BCUT2D eigenvalue weighted by atomic mass is 9.71. The molecule has 2 aromatic carbocycles. The van der Waals surface area contributed by atoms with Crippen molar-refractivity contribution in [3.8, 4) is 0 Å². The van der Waals surface area contributed by atoms with E-state index in [0.717, 1.165) is 28.6 Å². The average molecular weight is 445 g/mol. The third-order valence-corrected chi connectivity index (χ3v) is 6.69. The number of primary amides is 1. The number of nitrogens with zero attached hydrogens (tertiary/aromatic N) is 1. The third-order valence-electron chi connectivity index (χ3n) is 6.69. The summed E-state index contributed by atoms with van der Waals surface area (Å²) in [6.45, 7) is 8.03. The third kappa shape index (κ3) is 4.33. The Bertz CT molecular complexity index is 700. The van der Waals surface area contributed by atoms with Gasteiger partial charge in [0.25, 0.3) is 0 Å². The molecule has 0 atom stereocenters. The molecular formula is C24H33BrN2O. The highest BCUT2D eigenvalue weighted by molar-refractivity contribution is 5.90. The van der Waals surface area contributed by atoms with Crippen LogP contribution in [-0.2, 0) is 10.2 Å². The molecule has 0 unspecified atom stereocenters. The van der Waals surface area contributed by atoms with E-state index in [1.54, 1.807) is 0 Å². The Labute approximate surface area is 180 Å². The van der Waals surface area contributed by atoms with Crippen LogP contribution in [0.15, 0.2) is 60.7 Å². The van der Waals surface area contributed by atoms with Gasteiger partial charge in [0.05, 0.1) is 25.7 Å². The molecule has 0 bridgehead atoms. The lowest BCUT2D eigenvalue weighted by Gasteiger charge is -2.47. The van der Waals surface area contributed by atoms with Crippen LogP contribution in [0.5, 0.6) is 0 Å². The predicted molar refractivity (Wildman–Crippen MR) is 111 cm³/mol. The number of benzene rings is 2. The molecule has 2 N–H and O–H groups in total. The van der Waals surface area contributed by atoms with Gasteiger partial charge in [0, 0.05) is 6.42 Å². The highest BCUT2D eigenvalue weighted by Crippen LogP contribution is 2.37. The molecule has 2 aromatic rings. The van der Waals surface area contributed by atoms with Crippen molar-refractivity contribution in [2.24, 2.45) is 5.73 Å². The molecule has 0 spiro atoms. The molecule has 28 heavy (non-hydrogen) atoms. The standard InChI is InChI=1S/C24H32N2O.BrH/c1-20(2)26(17-10-5-11-18-26)19-16-24(23(25)27,21-12-6-3-7-13-21)22-14-8-4-9-15-22;/h3-4,6-9,12-15,20H,5,10-11,16-19H2,1-2H3,(H-,25,27);1H. The molecular weight excluding hydrogens is 412 g/mol. The predicted octanol–water partition coefficient (Wildman–Crippen LogP) is 1.26. The minimum atomic E-state index is -0.778. The van der Waals surface area contributed by atoms with E-state index in [1.165, 1.54) is 32.4 Å². The van der Waals surface area contributed by atoms with Gasteiger partial charge in [0.15, 0.2) is 0 Å². The summed E-state index contributed by atoms with van der Waals surface area (Å²) < 4.78 is 1.09. The van der Waals surface area contributed by atoms with Gasteiger partial charge in [-0.05, 0) is 44.2 Å². The van der Waals surface area contributed by atoms with Crippen molar-refractivity contribution in [2.45, 2.75) is 51.0 Å². The second kappa shape index (κ2) is 9.71. The fourth-order valence-corrected chi connectivity index (χ4v) is 4.84. The summed E-state index contributed by atoms with van der Waals surface area (Å²) in [7, 11) is 0. The number of piperidine rings is 1. The summed E-state index contributed by atoms with van der Waals surface area (Å²) in [5.74, 6) is -0.251. The fraction of sp³-hybridized carbons (Fsp3) is 0.458. The van der Waals surface area contributed by atoms with Crippen LogP contribution in [0.1, 0.15) is 50.7 Å². The van der Waals surface area contributed by atoms with Crippen molar-refractivity contribution >= 4 is 5.91 Å². The molecule has 3 rings (SSSR count). The Morgan fingerprint density at radius 2 is 1.39 bits per heavy atom. The summed E-state index contributed by atoms with van der Waals surface area (Å²) in [4.78, 5) is 13.0. The van der Waals surface area contributed by atoms with Gasteiger partial charge in [0.1, 0.15) is 5.41 Å². The van der Waals surface area contributed by atoms with Crippen LogP contribution in [0, 0.1) is 0 Å². The van der Waals surface area contributed by atoms with E-state index in [9.17, 15) is 4.79 Å². The van der Waals surface area contributed by atoms with Crippen molar-refractivity contribution in [2.75, 3.05) is 19.6 Å².